The molecule has 158 valence electrons. The summed E-state index contributed by atoms with van der Waals surface area (Å²) in [7, 11) is 1.71. The second-order valence-corrected chi connectivity index (χ2v) is 8.08. The molecule has 1 aliphatic heterocycles. The molecular formula is C21H34FIN4O. The van der Waals surface area contributed by atoms with Crippen molar-refractivity contribution in [2.24, 2.45) is 10.9 Å². The van der Waals surface area contributed by atoms with Crippen LogP contribution >= 0.6 is 24.0 Å². The highest BCUT2D eigenvalue weighted by atomic mass is 127. The summed E-state index contributed by atoms with van der Waals surface area (Å²) in [5, 5.41) is 6.48. The Labute approximate surface area is 185 Å². The van der Waals surface area contributed by atoms with Crippen molar-refractivity contribution in [3.63, 3.8) is 0 Å². The molecule has 1 heterocycles. The van der Waals surface area contributed by atoms with E-state index in [0.717, 1.165) is 25.1 Å². The minimum atomic E-state index is -0.251. The molecule has 7 heteroatoms. The molecule has 1 amide bonds. The third-order valence-corrected chi connectivity index (χ3v) is 5.17. The van der Waals surface area contributed by atoms with E-state index in [1.807, 2.05) is 11.0 Å². The van der Waals surface area contributed by atoms with Gasteiger partial charge in [-0.3, -0.25) is 9.79 Å². The van der Waals surface area contributed by atoms with Crippen LogP contribution in [0, 0.1) is 11.7 Å². The van der Waals surface area contributed by atoms with Gasteiger partial charge in [0.25, 0.3) is 0 Å². The number of halogens is 2. The summed E-state index contributed by atoms with van der Waals surface area (Å²) in [6.45, 7) is 9.21. The molecule has 1 fully saturated rings. The van der Waals surface area contributed by atoms with Crippen LogP contribution in [-0.2, 0) is 10.2 Å². The standard InChI is InChI=1S/C21H33FN4O.HI/c1-16-7-6-12-26(14-16)19(27)10-11-24-20(23-4)25-15-21(2,3)17-8-5-9-18(22)13-17;/h5,8-9,13,16H,6-7,10-12,14-15H2,1-4H3,(H2,23,24,25);1H. The molecule has 0 aromatic heterocycles. The highest BCUT2D eigenvalue weighted by molar-refractivity contribution is 14.0. The predicted molar refractivity (Wildman–Crippen MR) is 124 cm³/mol. The fourth-order valence-electron chi connectivity index (χ4n) is 3.40. The van der Waals surface area contributed by atoms with Gasteiger partial charge in [0.2, 0.25) is 5.91 Å². The van der Waals surface area contributed by atoms with Gasteiger partial charge in [0, 0.05) is 45.1 Å². The number of piperidine rings is 1. The molecule has 1 aliphatic rings. The molecule has 28 heavy (non-hydrogen) atoms. The van der Waals surface area contributed by atoms with Gasteiger partial charge in [0.1, 0.15) is 5.82 Å². The first kappa shape index (κ1) is 24.7. The topological polar surface area (TPSA) is 56.7 Å². The first-order valence-electron chi connectivity index (χ1n) is 9.80. The Morgan fingerprint density at radius 2 is 2.11 bits per heavy atom. The summed E-state index contributed by atoms with van der Waals surface area (Å²) in [5.74, 6) is 1.22. The van der Waals surface area contributed by atoms with Crippen molar-refractivity contribution in [1.29, 1.82) is 0 Å². The van der Waals surface area contributed by atoms with Crippen LogP contribution in [0.25, 0.3) is 0 Å². The van der Waals surface area contributed by atoms with Gasteiger partial charge >= 0.3 is 0 Å². The largest absolute Gasteiger partial charge is 0.356 e. The van der Waals surface area contributed by atoms with Crippen molar-refractivity contribution in [3.8, 4) is 0 Å². The highest BCUT2D eigenvalue weighted by Crippen LogP contribution is 2.22. The zero-order valence-corrected chi connectivity index (χ0v) is 19.8. The van der Waals surface area contributed by atoms with E-state index in [1.54, 1.807) is 19.2 Å². The van der Waals surface area contributed by atoms with E-state index >= 15 is 0 Å². The maximum Gasteiger partial charge on any atom is 0.224 e. The van der Waals surface area contributed by atoms with Gasteiger partial charge in [0.05, 0.1) is 0 Å². The number of nitrogens with one attached hydrogen (secondary N) is 2. The minimum Gasteiger partial charge on any atom is -0.356 e. The van der Waals surface area contributed by atoms with E-state index in [4.69, 9.17) is 0 Å². The molecule has 1 aromatic rings. The van der Waals surface area contributed by atoms with Gasteiger partial charge < -0.3 is 15.5 Å². The van der Waals surface area contributed by atoms with Crippen molar-refractivity contribution in [3.05, 3.63) is 35.6 Å². The van der Waals surface area contributed by atoms with Crippen LogP contribution in [0.4, 0.5) is 4.39 Å². The molecule has 0 aliphatic carbocycles. The molecule has 0 radical (unpaired) electrons. The average molecular weight is 504 g/mol. The van der Waals surface area contributed by atoms with Gasteiger partial charge in [-0.05, 0) is 36.5 Å². The van der Waals surface area contributed by atoms with E-state index in [0.29, 0.717) is 31.4 Å². The number of aliphatic imine (C=N–C) groups is 1. The van der Waals surface area contributed by atoms with Crippen molar-refractivity contribution >= 4 is 35.8 Å². The van der Waals surface area contributed by atoms with Crippen LogP contribution in [0.3, 0.4) is 0 Å². The number of hydrogen-bond acceptors (Lipinski definition) is 2. The van der Waals surface area contributed by atoms with E-state index in [-0.39, 0.29) is 41.1 Å². The molecule has 2 N–H and O–H groups in total. The van der Waals surface area contributed by atoms with Gasteiger partial charge in [-0.25, -0.2) is 4.39 Å². The summed E-state index contributed by atoms with van der Waals surface area (Å²) < 4.78 is 13.5. The van der Waals surface area contributed by atoms with Gasteiger partial charge in [0.15, 0.2) is 5.96 Å². The fourth-order valence-corrected chi connectivity index (χ4v) is 3.40. The molecule has 0 bridgehead atoms. The monoisotopic (exact) mass is 504 g/mol. The van der Waals surface area contributed by atoms with Crippen LogP contribution < -0.4 is 10.6 Å². The molecule has 2 rings (SSSR count). The molecular weight excluding hydrogens is 470 g/mol. The maximum atomic E-state index is 13.5. The van der Waals surface area contributed by atoms with Crippen LogP contribution in [0.2, 0.25) is 0 Å². The molecule has 1 saturated heterocycles. The Balaban J connectivity index is 0.00000392. The number of guanidine groups is 1. The third-order valence-electron chi connectivity index (χ3n) is 5.17. The summed E-state index contributed by atoms with van der Waals surface area (Å²) in [4.78, 5) is 18.5. The van der Waals surface area contributed by atoms with Gasteiger partial charge in [-0.15, -0.1) is 24.0 Å². The quantitative estimate of drug-likeness (QED) is 0.354. The van der Waals surface area contributed by atoms with Crippen LogP contribution in [0.1, 0.15) is 45.6 Å². The van der Waals surface area contributed by atoms with Crippen LogP contribution in [-0.4, -0.2) is 50.0 Å². The number of carbonyl (C=O) groups is 1. The van der Waals surface area contributed by atoms with Crippen molar-refractivity contribution in [1.82, 2.24) is 15.5 Å². The van der Waals surface area contributed by atoms with Crippen LogP contribution in [0.5, 0.6) is 0 Å². The lowest BCUT2D eigenvalue weighted by atomic mass is 9.84. The number of amides is 1. The maximum absolute atomic E-state index is 13.5. The predicted octanol–water partition coefficient (Wildman–Crippen LogP) is 3.53. The zero-order valence-electron chi connectivity index (χ0n) is 17.4. The van der Waals surface area contributed by atoms with E-state index < -0.39 is 0 Å². The molecule has 1 atom stereocenters. The number of nitrogens with zero attached hydrogens (tertiary/aromatic N) is 2. The Hall–Kier alpha value is -1.38. The second-order valence-electron chi connectivity index (χ2n) is 8.08. The second kappa shape index (κ2) is 11.6. The third kappa shape index (κ3) is 7.56. The van der Waals surface area contributed by atoms with E-state index in [2.05, 4.69) is 36.4 Å². The van der Waals surface area contributed by atoms with Crippen LogP contribution in [0.15, 0.2) is 29.3 Å². The summed E-state index contributed by atoms with van der Waals surface area (Å²) in [5.41, 5.74) is 0.680. The highest BCUT2D eigenvalue weighted by Gasteiger charge is 2.22. The lowest BCUT2D eigenvalue weighted by molar-refractivity contribution is -0.132. The van der Waals surface area contributed by atoms with Gasteiger partial charge in [-0.1, -0.05) is 32.9 Å². The molecule has 5 nitrogen and oxygen atoms in total. The Kier molecular flexibility index (Phi) is 10.2. The lowest BCUT2D eigenvalue weighted by Crippen LogP contribution is -2.45. The Morgan fingerprint density at radius 1 is 1.36 bits per heavy atom. The average Bonchev–Trinajstić information content (AvgIpc) is 2.64. The Bertz CT molecular complexity index is 666. The summed E-state index contributed by atoms with van der Waals surface area (Å²) in [6.07, 6.45) is 2.76. The number of rotatable bonds is 6. The minimum absolute atomic E-state index is 0. The SMILES string of the molecule is CN=C(NCCC(=O)N1CCCC(C)C1)NCC(C)(C)c1cccc(F)c1.I. The number of benzene rings is 1. The zero-order chi connectivity index (χ0) is 19.9. The lowest BCUT2D eigenvalue weighted by Gasteiger charge is -2.31. The first-order valence-corrected chi connectivity index (χ1v) is 9.80. The number of likely N-dealkylation sites (tertiary alicyclic amines) is 1. The number of hydrogen-bond donors (Lipinski definition) is 2. The van der Waals surface area contributed by atoms with E-state index in [1.165, 1.54) is 12.5 Å². The van der Waals surface area contributed by atoms with Crippen molar-refractivity contribution < 1.29 is 9.18 Å². The normalized spacial score (nSPS) is 17.7. The molecule has 0 spiro atoms. The molecule has 0 saturated carbocycles. The van der Waals surface area contributed by atoms with Crippen molar-refractivity contribution in [2.75, 3.05) is 33.2 Å². The first-order chi connectivity index (χ1) is 12.8. The fraction of sp³-hybridized carbons (Fsp3) is 0.619. The van der Waals surface area contributed by atoms with Gasteiger partial charge in [-0.2, -0.15) is 0 Å². The van der Waals surface area contributed by atoms with Crippen molar-refractivity contribution in [2.45, 2.75) is 45.4 Å². The van der Waals surface area contributed by atoms with E-state index in [9.17, 15) is 9.18 Å². The Morgan fingerprint density at radius 3 is 2.75 bits per heavy atom. The molecule has 1 unspecified atom stereocenters. The summed E-state index contributed by atoms with van der Waals surface area (Å²) in [6, 6.07) is 6.68. The molecule has 1 aromatic carbocycles. The smallest absolute Gasteiger partial charge is 0.224 e. The number of carbonyl (C=O) groups excluding carboxylic acids is 1. The summed E-state index contributed by atoms with van der Waals surface area (Å²) >= 11 is 0.